The molecular formula is C13H18BrN3O. The molecule has 1 atom stereocenters. The van der Waals surface area contributed by atoms with Gasteiger partial charge in [-0.05, 0) is 31.2 Å². The summed E-state index contributed by atoms with van der Waals surface area (Å²) in [5, 5.41) is 6.27. The van der Waals surface area contributed by atoms with Crippen LogP contribution in [0.4, 0.5) is 5.69 Å². The number of carbonyl (C=O) groups is 1. The van der Waals surface area contributed by atoms with Gasteiger partial charge in [-0.1, -0.05) is 15.9 Å². The van der Waals surface area contributed by atoms with Crippen molar-refractivity contribution in [2.75, 3.05) is 31.5 Å². The number of amides is 1. The molecule has 4 nitrogen and oxygen atoms in total. The third kappa shape index (κ3) is 4.08. The average Bonchev–Trinajstić information content (AvgIpc) is 2.32. The summed E-state index contributed by atoms with van der Waals surface area (Å²) in [5.41, 5.74) is 0.839. The molecule has 1 aliphatic heterocycles. The Morgan fingerprint density at radius 2 is 2.22 bits per heavy atom. The lowest BCUT2D eigenvalue weighted by Gasteiger charge is -2.31. The molecule has 1 aliphatic rings. The van der Waals surface area contributed by atoms with Crippen LogP contribution in [0.15, 0.2) is 28.7 Å². The Kier molecular flexibility index (Phi) is 4.74. The van der Waals surface area contributed by atoms with Gasteiger partial charge in [-0.2, -0.15) is 0 Å². The molecule has 0 bridgehead atoms. The first-order chi connectivity index (χ1) is 8.63. The van der Waals surface area contributed by atoms with Crippen LogP contribution >= 0.6 is 15.9 Å². The Bertz CT molecular complexity index is 407. The topological polar surface area (TPSA) is 44.4 Å². The first-order valence-electron chi connectivity index (χ1n) is 6.14. The molecule has 1 heterocycles. The Hall–Kier alpha value is -0.910. The highest BCUT2D eigenvalue weighted by Crippen LogP contribution is 2.14. The fourth-order valence-corrected chi connectivity index (χ4v) is 2.36. The van der Waals surface area contributed by atoms with E-state index in [4.69, 9.17) is 0 Å². The predicted molar refractivity (Wildman–Crippen MR) is 76.7 cm³/mol. The summed E-state index contributed by atoms with van der Waals surface area (Å²) >= 11 is 3.37. The Morgan fingerprint density at radius 1 is 1.50 bits per heavy atom. The van der Waals surface area contributed by atoms with Crippen LogP contribution in [0.5, 0.6) is 0 Å². The van der Waals surface area contributed by atoms with Crippen molar-refractivity contribution in [3.63, 3.8) is 0 Å². The SMILES string of the molecule is CC1CN(CC(=O)Nc2ccc(Br)cc2)CCN1. The van der Waals surface area contributed by atoms with Crippen LogP contribution in [0.1, 0.15) is 6.92 Å². The van der Waals surface area contributed by atoms with Gasteiger partial charge < -0.3 is 10.6 Å². The zero-order chi connectivity index (χ0) is 13.0. The second-order valence-corrected chi connectivity index (χ2v) is 5.56. The largest absolute Gasteiger partial charge is 0.325 e. The van der Waals surface area contributed by atoms with Crippen LogP contribution in [-0.2, 0) is 4.79 Å². The minimum absolute atomic E-state index is 0.0476. The van der Waals surface area contributed by atoms with Gasteiger partial charge in [0.2, 0.25) is 5.91 Å². The molecule has 0 aromatic heterocycles. The maximum atomic E-state index is 11.9. The van der Waals surface area contributed by atoms with Crippen LogP contribution in [0.25, 0.3) is 0 Å². The molecule has 1 unspecified atom stereocenters. The summed E-state index contributed by atoms with van der Waals surface area (Å²) in [6, 6.07) is 8.08. The Labute approximate surface area is 116 Å². The predicted octanol–water partition coefficient (Wildman–Crippen LogP) is 1.68. The molecule has 5 heteroatoms. The number of nitrogens with zero attached hydrogens (tertiary/aromatic N) is 1. The maximum Gasteiger partial charge on any atom is 0.238 e. The van der Waals surface area contributed by atoms with Crippen molar-refractivity contribution in [3.05, 3.63) is 28.7 Å². The molecule has 1 aromatic carbocycles. The van der Waals surface area contributed by atoms with Gasteiger partial charge in [0.15, 0.2) is 0 Å². The number of hydrogen-bond donors (Lipinski definition) is 2. The number of nitrogens with one attached hydrogen (secondary N) is 2. The Morgan fingerprint density at radius 3 is 2.89 bits per heavy atom. The lowest BCUT2D eigenvalue weighted by Crippen LogP contribution is -2.51. The number of anilines is 1. The highest BCUT2D eigenvalue weighted by atomic mass is 79.9. The van der Waals surface area contributed by atoms with Crippen molar-refractivity contribution in [2.24, 2.45) is 0 Å². The van der Waals surface area contributed by atoms with Crippen molar-refractivity contribution in [1.82, 2.24) is 10.2 Å². The van der Waals surface area contributed by atoms with E-state index in [1.54, 1.807) is 0 Å². The summed E-state index contributed by atoms with van der Waals surface area (Å²) in [6.07, 6.45) is 0. The zero-order valence-electron chi connectivity index (χ0n) is 10.4. The van der Waals surface area contributed by atoms with Gasteiger partial charge in [0, 0.05) is 35.8 Å². The maximum absolute atomic E-state index is 11.9. The fourth-order valence-electron chi connectivity index (χ4n) is 2.09. The smallest absolute Gasteiger partial charge is 0.238 e. The summed E-state index contributed by atoms with van der Waals surface area (Å²) in [6.45, 7) is 5.40. The molecule has 2 rings (SSSR count). The standard InChI is InChI=1S/C13H18BrN3O/c1-10-8-17(7-6-15-10)9-13(18)16-12-4-2-11(14)3-5-12/h2-5,10,15H,6-9H2,1H3,(H,16,18). The Balaban J connectivity index is 1.83. The molecule has 1 fully saturated rings. The van der Waals surface area contributed by atoms with Gasteiger partial charge in [0.25, 0.3) is 0 Å². The molecule has 2 N–H and O–H groups in total. The van der Waals surface area contributed by atoms with Gasteiger partial charge in [0.05, 0.1) is 6.54 Å². The average molecular weight is 312 g/mol. The summed E-state index contributed by atoms with van der Waals surface area (Å²) < 4.78 is 1.01. The van der Waals surface area contributed by atoms with Gasteiger partial charge in [-0.3, -0.25) is 9.69 Å². The number of benzene rings is 1. The lowest BCUT2D eigenvalue weighted by molar-refractivity contribution is -0.117. The zero-order valence-corrected chi connectivity index (χ0v) is 12.0. The molecule has 0 radical (unpaired) electrons. The van der Waals surface area contributed by atoms with Gasteiger partial charge in [0.1, 0.15) is 0 Å². The van der Waals surface area contributed by atoms with Crippen LogP contribution in [-0.4, -0.2) is 43.0 Å². The van der Waals surface area contributed by atoms with E-state index in [0.717, 1.165) is 29.8 Å². The number of hydrogen-bond acceptors (Lipinski definition) is 3. The van der Waals surface area contributed by atoms with Crippen molar-refractivity contribution in [1.29, 1.82) is 0 Å². The second kappa shape index (κ2) is 6.31. The summed E-state index contributed by atoms with van der Waals surface area (Å²) in [5.74, 6) is 0.0476. The van der Waals surface area contributed by atoms with Crippen LogP contribution < -0.4 is 10.6 Å². The van der Waals surface area contributed by atoms with E-state index in [-0.39, 0.29) is 5.91 Å². The number of carbonyl (C=O) groups excluding carboxylic acids is 1. The molecule has 1 amide bonds. The van der Waals surface area contributed by atoms with Crippen molar-refractivity contribution in [2.45, 2.75) is 13.0 Å². The van der Waals surface area contributed by atoms with E-state index in [1.165, 1.54) is 0 Å². The molecule has 1 saturated heterocycles. The third-order valence-corrected chi connectivity index (χ3v) is 3.48. The molecule has 1 aromatic rings. The van der Waals surface area contributed by atoms with E-state index >= 15 is 0 Å². The molecule has 98 valence electrons. The fraction of sp³-hybridized carbons (Fsp3) is 0.462. The van der Waals surface area contributed by atoms with E-state index in [1.807, 2.05) is 24.3 Å². The molecular weight excluding hydrogens is 294 g/mol. The van der Waals surface area contributed by atoms with Crippen molar-refractivity contribution >= 4 is 27.5 Å². The van der Waals surface area contributed by atoms with E-state index in [9.17, 15) is 4.79 Å². The number of piperazine rings is 1. The van der Waals surface area contributed by atoms with Crippen LogP contribution in [0.2, 0.25) is 0 Å². The lowest BCUT2D eigenvalue weighted by atomic mass is 10.2. The highest BCUT2D eigenvalue weighted by Gasteiger charge is 2.17. The van der Waals surface area contributed by atoms with E-state index < -0.39 is 0 Å². The highest BCUT2D eigenvalue weighted by molar-refractivity contribution is 9.10. The molecule has 18 heavy (non-hydrogen) atoms. The number of rotatable bonds is 3. The summed E-state index contributed by atoms with van der Waals surface area (Å²) in [4.78, 5) is 14.1. The van der Waals surface area contributed by atoms with E-state index in [2.05, 4.69) is 38.4 Å². The van der Waals surface area contributed by atoms with Gasteiger partial charge in [-0.15, -0.1) is 0 Å². The van der Waals surface area contributed by atoms with Crippen molar-refractivity contribution in [3.8, 4) is 0 Å². The third-order valence-electron chi connectivity index (χ3n) is 2.95. The minimum Gasteiger partial charge on any atom is -0.325 e. The molecule has 0 saturated carbocycles. The summed E-state index contributed by atoms with van der Waals surface area (Å²) in [7, 11) is 0. The normalized spacial score (nSPS) is 20.7. The van der Waals surface area contributed by atoms with Gasteiger partial charge >= 0.3 is 0 Å². The molecule has 0 aliphatic carbocycles. The second-order valence-electron chi connectivity index (χ2n) is 4.65. The van der Waals surface area contributed by atoms with E-state index in [0.29, 0.717) is 12.6 Å². The first-order valence-corrected chi connectivity index (χ1v) is 6.94. The number of halogens is 1. The minimum atomic E-state index is 0.0476. The van der Waals surface area contributed by atoms with Crippen molar-refractivity contribution < 1.29 is 4.79 Å². The molecule has 0 spiro atoms. The van der Waals surface area contributed by atoms with Crippen LogP contribution in [0, 0.1) is 0 Å². The quantitative estimate of drug-likeness (QED) is 0.892. The van der Waals surface area contributed by atoms with Crippen LogP contribution in [0.3, 0.4) is 0 Å². The first kappa shape index (κ1) is 13.5. The van der Waals surface area contributed by atoms with Gasteiger partial charge in [-0.25, -0.2) is 0 Å². The monoisotopic (exact) mass is 311 g/mol.